The lowest BCUT2D eigenvalue weighted by Gasteiger charge is -2.40. The van der Waals surface area contributed by atoms with Gasteiger partial charge in [0.15, 0.2) is 5.60 Å². The predicted octanol–water partition coefficient (Wildman–Crippen LogP) is 8.76. The molecule has 5 aromatic carbocycles. The Kier molecular flexibility index (Phi) is 5.91. The standard InChI is InChI=1S/C35H31NO3/c1-23-9-5-8-12-29(23)35(38-22-37)30-20-18-27(36-26-16-14-25(15-17-26)34(2,3)4)21-32(30)39-33-28-11-7-6-10-24(28)13-19-31(33)35/h5-22,36H,1-4H3. The monoisotopic (exact) mass is 513 g/mol. The summed E-state index contributed by atoms with van der Waals surface area (Å²) in [6, 6.07) is 34.7. The molecule has 6 rings (SSSR count). The Morgan fingerprint density at radius 3 is 2.21 bits per heavy atom. The number of benzene rings is 5. The SMILES string of the molecule is Cc1ccccc1C1(OC=O)c2ccc(Nc3ccc(C(C)(C)C)cc3)cc2Oc2c1ccc1ccccc21. The van der Waals surface area contributed by atoms with Crippen LogP contribution in [0.5, 0.6) is 11.5 Å². The van der Waals surface area contributed by atoms with Gasteiger partial charge in [0.05, 0.1) is 0 Å². The van der Waals surface area contributed by atoms with Gasteiger partial charge >= 0.3 is 0 Å². The number of hydrogen-bond acceptors (Lipinski definition) is 4. The van der Waals surface area contributed by atoms with Crippen molar-refractivity contribution in [2.24, 2.45) is 0 Å². The molecule has 1 aliphatic heterocycles. The third kappa shape index (κ3) is 4.13. The number of aryl methyl sites for hydroxylation is 1. The summed E-state index contributed by atoms with van der Waals surface area (Å²) in [6.07, 6.45) is 0. The van der Waals surface area contributed by atoms with Gasteiger partial charge in [-0.25, -0.2) is 0 Å². The minimum Gasteiger partial charge on any atom is -0.456 e. The fraction of sp³-hybridized carbons (Fsp3) is 0.171. The molecule has 0 bridgehead atoms. The summed E-state index contributed by atoms with van der Waals surface area (Å²) >= 11 is 0. The molecular formula is C35H31NO3. The lowest BCUT2D eigenvalue weighted by molar-refractivity contribution is -0.137. The van der Waals surface area contributed by atoms with Gasteiger partial charge in [0, 0.05) is 39.5 Å². The number of anilines is 2. The van der Waals surface area contributed by atoms with Gasteiger partial charge in [-0.05, 0) is 59.2 Å². The Hall–Kier alpha value is -4.57. The fourth-order valence-electron chi connectivity index (χ4n) is 5.60. The van der Waals surface area contributed by atoms with E-state index in [-0.39, 0.29) is 5.41 Å². The highest BCUT2D eigenvalue weighted by Gasteiger charge is 2.47. The number of fused-ring (bicyclic) bond motifs is 4. The van der Waals surface area contributed by atoms with E-state index >= 15 is 0 Å². The molecule has 0 saturated carbocycles. The normalized spacial score (nSPS) is 16.1. The lowest BCUT2D eigenvalue weighted by Crippen LogP contribution is -2.36. The summed E-state index contributed by atoms with van der Waals surface area (Å²) in [7, 11) is 0. The smallest absolute Gasteiger partial charge is 0.294 e. The highest BCUT2D eigenvalue weighted by Crippen LogP contribution is 2.55. The molecule has 1 atom stereocenters. The minimum absolute atomic E-state index is 0.0891. The zero-order valence-electron chi connectivity index (χ0n) is 22.6. The molecule has 4 nitrogen and oxygen atoms in total. The van der Waals surface area contributed by atoms with E-state index in [1.165, 1.54) is 5.56 Å². The Bertz CT molecular complexity index is 1700. The zero-order valence-corrected chi connectivity index (χ0v) is 22.6. The molecule has 5 aromatic rings. The minimum atomic E-state index is -1.16. The van der Waals surface area contributed by atoms with Crippen LogP contribution in [-0.4, -0.2) is 6.47 Å². The van der Waals surface area contributed by atoms with Crippen molar-refractivity contribution in [2.45, 2.75) is 38.7 Å². The summed E-state index contributed by atoms with van der Waals surface area (Å²) in [5.41, 5.74) is 5.57. The third-order valence-electron chi connectivity index (χ3n) is 7.62. The molecular weight excluding hydrogens is 482 g/mol. The van der Waals surface area contributed by atoms with Gasteiger partial charge in [-0.15, -0.1) is 0 Å². The van der Waals surface area contributed by atoms with E-state index in [1.807, 2.05) is 73.7 Å². The Labute approximate surface area is 229 Å². The molecule has 4 heteroatoms. The Morgan fingerprint density at radius 2 is 1.46 bits per heavy atom. The van der Waals surface area contributed by atoms with Crippen LogP contribution in [0.2, 0.25) is 0 Å². The largest absolute Gasteiger partial charge is 0.456 e. The molecule has 1 aliphatic rings. The average Bonchev–Trinajstić information content (AvgIpc) is 2.93. The quantitative estimate of drug-likeness (QED) is 0.239. The van der Waals surface area contributed by atoms with E-state index in [4.69, 9.17) is 9.47 Å². The van der Waals surface area contributed by atoms with Gasteiger partial charge in [0.2, 0.25) is 0 Å². The van der Waals surface area contributed by atoms with Crippen molar-refractivity contribution in [3.63, 3.8) is 0 Å². The Morgan fingerprint density at radius 1 is 0.769 bits per heavy atom. The molecule has 0 amide bonds. The number of rotatable bonds is 5. The van der Waals surface area contributed by atoms with Crippen molar-refractivity contribution >= 4 is 28.6 Å². The molecule has 194 valence electrons. The van der Waals surface area contributed by atoms with E-state index < -0.39 is 5.60 Å². The van der Waals surface area contributed by atoms with Crippen LogP contribution in [0.15, 0.2) is 103 Å². The van der Waals surface area contributed by atoms with Crippen molar-refractivity contribution in [3.8, 4) is 11.5 Å². The molecule has 0 fully saturated rings. The maximum atomic E-state index is 12.2. The summed E-state index contributed by atoms with van der Waals surface area (Å²) in [6.45, 7) is 9.21. The summed E-state index contributed by atoms with van der Waals surface area (Å²) in [5, 5.41) is 5.53. The van der Waals surface area contributed by atoms with Crippen molar-refractivity contribution in [3.05, 3.63) is 131 Å². The van der Waals surface area contributed by atoms with Crippen LogP contribution in [0.4, 0.5) is 11.4 Å². The summed E-state index contributed by atoms with van der Waals surface area (Å²) in [5.74, 6) is 1.33. The zero-order chi connectivity index (χ0) is 27.2. The first kappa shape index (κ1) is 24.7. The summed E-state index contributed by atoms with van der Waals surface area (Å²) in [4.78, 5) is 12.2. The maximum absolute atomic E-state index is 12.2. The number of carbonyl (C=O) groups is 1. The van der Waals surface area contributed by atoms with Crippen molar-refractivity contribution < 1.29 is 14.3 Å². The van der Waals surface area contributed by atoms with E-state index in [0.29, 0.717) is 18.0 Å². The first-order valence-corrected chi connectivity index (χ1v) is 13.2. The van der Waals surface area contributed by atoms with Crippen molar-refractivity contribution in [1.29, 1.82) is 0 Å². The second-order valence-corrected chi connectivity index (χ2v) is 11.1. The molecule has 1 unspecified atom stereocenters. The van der Waals surface area contributed by atoms with Crippen LogP contribution in [-0.2, 0) is 20.5 Å². The average molecular weight is 514 g/mol. The van der Waals surface area contributed by atoms with Crippen LogP contribution < -0.4 is 10.1 Å². The van der Waals surface area contributed by atoms with Gasteiger partial charge in [0.1, 0.15) is 11.5 Å². The number of hydrogen-bond donors (Lipinski definition) is 1. The van der Waals surface area contributed by atoms with Gasteiger partial charge in [-0.3, -0.25) is 4.79 Å². The lowest BCUT2D eigenvalue weighted by atomic mass is 9.75. The molecule has 0 spiro atoms. The molecule has 0 aromatic heterocycles. The summed E-state index contributed by atoms with van der Waals surface area (Å²) < 4.78 is 12.8. The fourth-order valence-corrected chi connectivity index (χ4v) is 5.60. The third-order valence-corrected chi connectivity index (χ3v) is 7.62. The van der Waals surface area contributed by atoms with Gasteiger partial charge < -0.3 is 14.8 Å². The first-order valence-electron chi connectivity index (χ1n) is 13.2. The molecule has 1 heterocycles. The number of carbonyl (C=O) groups excluding carboxylic acids is 1. The first-order chi connectivity index (χ1) is 18.8. The molecule has 0 aliphatic carbocycles. The van der Waals surface area contributed by atoms with Gasteiger partial charge in [-0.1, -0.05) is 87.5 Å². The van der Waals surface area contributed by atoms with E-state index in [9.17, 15) is 4.79 Å². The Balaban J connectivity index is 1.53. The molecule has 1 N–H and O–H groups in total. The van der Waals surface area contributed by atoms with Crippen molar-refractivity contribution in [1.82, 2.24) is 0 Å². The van der Waals surface area contributed by atoms with Gasteiger partial charge in [0.25, 0.3) is 6.47 Å². The van der Waals surface area contributed by atoms with E-state index in [1.54, 1.807) is 0 Å². The highest BCUT2D eigenvalue weighted by atomic mass is 16.5. The number of ether oxygens (including phenoxy) is 2. The predicted molar refractivity (Wildman–Crippen MR) is 157 cm³/mol. The van der Waals surface area contributed by atoms with Crippen molar-refractivity contribution in [2.75, 3.05) is 5.32 Å². The van der Waals surface area contributed by atoms with Gasteiger partial charge in [-0.2, -0.15) is 0 Å². The maximum Gasteiger partial charge on any atom is 0.294 e. The van der Waals surface area contributed by atoms with Crippen LogP contribution >= 0.6 is 0 Å². The second-order valence-electron chi connectivity index (χ2n) is 11.1. The highest BCUT2D eigenvalue weighted by molar-refractivity contribution is 5.92. The topological polar surface area (TPSA) is 47.6 Å². The number of nitrogens with one attached hydrogen (secondary N) is 1. The van der Waals surface area contributed by atoms with Crippen LogP contribution in [0.3, 0.4) is 0 Å². The van der Waals surface area contributed by atoms with E-state index in [2.05, 4.69) is 62.5 Å². The molecule has 0 saturated heterocycles. The van der Waals surface area contributed by atoms with E-state index in [0.717, 1.165) is 44.4 Å². The second kappa shape index (κ2) is 9.32. The molecule has 39 heavy (non-hydrogen) atoms. The van der Waals surface area contributed by atoms with Crippen LogP contribution in [0.25, 0.3) is 10.8 Å². The van der Waals surface area contributed by atoms with Crippen LogP contribution in [0, 0.1) is 6.92 Å². The molecule has 0 radical (unpaired) electrons. The van der Waals surface area contributed by atoms with Crippen LogP contribution in [0.1, 0.15) is 48.6 Å².